The van der Waals surface area contributed by atoms with Gasteiger partial charge in [0.15, 0.2) is 0 Å². The van der Waals surface area contributed by atoms with Gasteiger partial charge in [-0.25, -0.2) is 0 Å². The lowest BCUT2D eigenvalue weighted by Gasteiger charge is -2.25. The molecule has 2 unspecified atom stereocenters. The Kier molecular flexibility index (Phi) is 4.58. The Bertz CT molecular complexity index is 716. The fourth-order valence-electron chi connectivity index (χ4n) is 3.17. The molecule has 0 aliphatic carbocycles. The first-order valence-corrected chi connectivity index (χ1v) is 8.32. The number of halogens is 1. The highest BCUT2D eigenvalue weighted by Crippen LogP contribution is 2.31. The number of carbonyl (C=O) groups is 1. The molecule has 1 amide bonds. The summed E-state index contributed by atoms with van der Waals surface area (Å²) in [5.74, 6) is 0.0287. The first-order chi connectivity index (χ1) is 11.0. The number of benzene rings is 2. The van der Waals surface area contributed by atoms with Gasteiger partial charge in [-0.1, -0.05) is 41.9 Å². The molecule has 0 spiro atoms. The standard InChI is InChI=1S/C19H21ClN2O/c1-13-10-16-6-3-4-9-18(16)22(13)12-19(23)21-14(2)15-7-5-8-17(20)11-15/h3-9,11,13-14H,10,12H2,1-2H3,(H,21,23). The van der Waals surface area contributed by atoms with E-state index in [4.69, 9.17) is 11.6 Å². The zero-order chi connectivity index (χ0) is 16.4. The summed E-state index contributed by atoms with van der Waals surface area (Å²) in [6.07, 6.45) is 0.993. The maximum Gasteiger partial charge on any atom is 0.240 e. The highest BCUT2D eigenvalue weighted by molar-refractivity contribution is 6.30. The van der Waals surface area contributed by atoms with Gasteiger partial charge in [0.05, 0.1) is 12.6 Å². The minimum Gasteiger partial charge on any atom is -0.359 e. The summed E-state index contributed by atoms with van der Waals surface area (Å²) in [6.45, 7) is 4.52. The van der Waals surface area contributed by atoms with Gasteiger partial charge in [-0.2, -0.15) is 0 Å². The summed E-state index contributed by atoms with van der Waals surface area (Å²) in [6, 6.07) is 16.2. The third kappa shape index (κ3) is 3.50. The zero-order valence-corrected chi connectivity index (χ0v) is 14.2. The Morgan fingerprint density at radius 2 is 2.09 bits per heavy atom. The molecular formula is C19H21ClN2O. The smallest absolute Gasteiger partial charge is 0.240 e. The molecule has 0 bridgehead atoms. The lowest BCUT2D eigenvalue weighted by Crippen LogP contribution is -2.40. The SMILES string of the molecule is CC(NC(=O)CN1c2ccccc2CC1C)c1cccc(Cl)c1. The molecule has 0 aromatic heterocycles. The number of fused-ring (bicyclic) bond motifs is 1. The number of hydrogen-bond donors (Lipinski definition) is 1. The Balaban J connectivity index is 1.66. The summed E-state index contributed by atoms with van der Waals surface area (Å²) in [4.78, 5) is 14.6. The molecule has 1 heterocycles. The largest absolute Gasteiger partial charge is 0.359 e. The van der Waals surface area contributed by atoms with Crippen LogP contribution >= 0.6 is 11.6 Å². The lowest BCUT2D eigenvalue weighted by molar-refractivity contribution is -0.120. The Hall–Kier alpha value is -2.00. The number of nitrogens with zero attached hydrogens (tertiary/aromatic N) is 1. The fourth-order valence-corrected chi connectivity index (χ4v) is 3.37. The van der Waals surface area contributed by atoms with E-state index < -0.39 is 0 Å². The average molecular weight is 329 g/mol. The molecular weight excluding hydrogens is 308 g/mol. The van der Waals surface area contributed by atoms with Crippen LogP contribution in [0.1, 0.15) is 31.0 Å². The molecule has 2 atom stereocenters. The minimum absolute atomic E-state index is 0.0287. The zero-order valence-electron chi connectivity index (χ0n) is 13.4. The van der Waals surface area contributed by atoms with Crippen molar-refractivity contribution in [3.63, 3.8) is 0 Å². The lowest BCUT2D eigenvalue weighted by atomic mass is 10.1. The van der Waals surface area contributed by atoms with Gasteiger partial charge in [0.1, 0.15) is 0 Å². The number of nitrogens with one attached hydrogen (secondary N) is 1. The van der Waals surface area contributed by atoms with E-state index in [-0.39, 0.29) is 11.9 Å². The minimum atomic E-state index is -0.0608. The molecule has 1 aliphatic rings. The van der Waals surface area contributed by atoms with Crippen LogP contribution in [0.2, 0.25) is 5.02 Å². The van der Waals surface area contributed by atoms with Gasteiger partial charge in [-0.05, 0) is 49.6 Å². The van der Waals surface area contributed by atoms with Gasteiger partial charge in [-0.15, -0.1) is 0 Å². The van der Waals surface area contributed by atoms with Gasteiger partial charge in [0.25, 0.3) is 0 Å². The molecule has 0 saturated heterocycles. The monoisotopic (exact) mass is 328 g/mol. The van der Waals surface area contributed by atoms with E-state index in [9.17, 15) is 4.79 Å². The number of hydrogen-bond acceptors (Lipinski definition) is 2. The summed E-state index contributed by atoms with van der Waals surface area (Å²) in [5, 5.41) is 3.75. The highest BCUT2D eigenvalue weighted by atomic mass is 35.5. The topological polar surface area (TPSA) is 32.3 Å². The Labute approximate surface area is 142 Å². The van der Waals surface area contributed by atoms with E-state index in [1.54, 1.807) is 0 Å². The molecule has 120 valence electrons. The molecule has 3 rings (SSSR count). The first kappa shape index (κ1) is 15.9. The van der Waals surface area contributed by atoms with Crippen LogP contribution in [0.15, 0.2) is 48.5 Å². The van der Waals surface area contributed by atoms with Crippen LogP contribution in [0.5, 0.6) is 0 Å². The molecule has 2 aromatic carbocycles. The third-order valence-corrected chi connectivity index (χ3v) is 4.62. The number of para-hydroxylation sites is 1. The number of rotatable bonds is 4. The fraction of sp³-hybridized carbons (Fsp3) is 0.316. The normalized spacial score (nSPS) is 17.7. The molecule has 23 heavy (non-hydrogen) atoms. The first-order valence-electron chi connectivity index (χ1n) is 7.94. The van der Waals surface area contributed by atoms with Crippen LogP contribution in [0, 0.1) is 0 Å². The van der Waals surface area contributed by atoms with Crippen LogP contribution < -0.4 is 10.2 Å². The van der Waals surface area contributed by atoms with Crippen molar-refractivity contribution in [1.29, 1.82) is 0 Å². The number of anilines is 1. The van der Waals surface area contributed by atoms with Gasteiger partial charge >= 0.3 is 0 Å². The van der Waals surface area contributed by atoms with Crippen molar-refractivity contribution < 1.29 is 4.79 Å². The highest BCUT2D eigenvalue weighted by Gasteiger charge is 2.27. The maximum atomic E-state index is 12.4. The molecule has 1 aliphatic heterocycles. The van der Waals surface area contributed by atoms with Gasteiger partial charge in [0, 0.05) is 16.8 Å². The van der Waals surface area contributed by atoms with Crippen LogP contribution in [-0.4, -0.2) is 18.5 Å². The van der Waals surface area contributed by atoms with E-state index >= 15 is 0 Å². The molecule has 0 fully saturated rings. The van der Waals surface area contributed by atoms with E-state index in [0.717, 1.165) is 12.0 Å². The van der Waals surface area contributed by atoms with Crippen molar-refractivity contribution in [3.8, 4) is 0 Å². The molecule has 4 heteroatoms. The van der Waals surface area contributed by atoms with E-state index in [1.807, 2.05) is 37.3 Å². The second-order valence-corrected chi connectivity index (χ2v) is 6.59. The van der Waals surface area contributed by atoms with Crippen molar-refractivity contribution in [1.82, 2.24) is 5.32 Å². The summed E-state index contributed by atoms with van der Waals surface area (Å²) < 4.78 is 0. The van der Waals surface area contributed by atoms with Crippen LogP contribution in [0.3, 0.4) is 0 Å². The maximum absolute atomic E-state index is 12.4. The van der Waals surface area contributed by atoms with Crippen molar-refractivity contribution >= 4 is 23.2 Å². The van der Waals surface area contributed by atoms with Crippen molar-refractivity contribution in [2.24, 2.45) is 0 Å². The van der Waals surface area contributed by atoms with Crippen molar-refractivity contribution in [2.75, 3.05) is 11.4 Å². The Morgan fingerprint density at radius 3 is 2.87 bits per heavy atom. The average Bonchev–Trinajstić information content (AvgIpc) is 2.83. The molecule has 0 saturated carbocycles. The molecule has 1 N–H and O–H groups in total. The molecule has 0 radical (unpaired) electrons. The van der Waals surface area contributed by atoms with Gasteiger partial charge in [-0.3, -0.25) is 4.79 Å². The van der Waals surface area contributed by atoms with E-state index in [1.165, 1.54) is 11.3 Å². The molecule has 2 aromatic rings. The van der Waals surface area contributed by atoms with Crippen LogP contribution in [0.25, 0.3) is 0 Å². The van der Waals surface area contributed by atoms with E-state index in [0.29, 0.717) is 17.6 Å². The predicted octanol–water partition coefficient (Wildman–Crippen LogP) is 3.97. The van der Waals surface area contributed by atoms with Crippen molar-refractivity contribution in [2.45, 2.75) is 32.4 Å². The Morgan fingerprint density at radius 1 is 1.30 bits per heavy atom. The number of carbonyl (C=O) groups excluding carboxylic acids is 1. The van der Waals surface area contributed by atoms with Gasteiger partial charge in [0.2, 0.25) is 5.91 Å². The van der Waals surface area contributed by atoms with E-state index in [2.05, 4.69) is 35.3 Å². The summed E-state index contributed by atoms with van der Waals surface area (Å²) in [5.41, 5.74) is 3.50. The number of amides is 1. The second kappa shape index (κ2) is 6.63. The van der Waals surface area contributed by atoms with Crippen molar-refractivity contribution in [3.05, 3.63) is 64.7 Å². The van der Waals surface area contributed by atoms with Crippen LogP contribution in [0.4, 0.5) is 5.69 Å². The van der Waals surface area contributed by atoms with Crippen LogP contribution in [-0.2, 0) is 11.2 Å². The second-order valence-electron chi connectivity index (χ2n) is 6.15. The predicted molar refractivity (Wildman–Crippen MR) is 95.0 cm³/mol. The quantitative estimate of drug-likeness (QED) is 0.921. The summed E-state index contributed by atoms with van der Waals surface area (Å²) in [7, 11) is 0. The van der Waals surface area contributed by atoms with Gasteiger partial charge < -0.3 is 10.2 Å². The molecule has 3 nitrogen and oxygen atoms in total. The third-order valence-electron chi connectivity index (χ3n) is 4.39. The summed E-state index contributed by atoms with van der Waals surface area (Å²) >= 11 is 6.02.